The van der Waals surface area contributed by atoms with Crippen LogP contribution in [0.15, 0.2) is 35.5 Å². The van der Waals surface area contributed by atoms with E-state index in [1.54, 1.807) is 19.2 Å². The van der Waals surface area contributed by atoms with Crippen molar-refractivity contribution < 1.29 is 18.7 Å². The highest BCUT2D eigenvalue weighted by molar-refractivity contribution is 7.99. The van der Waals surface area contributed by atoms with E-state index in [-0.39, 0.29) is 29.5 Å². The van der Waals surface area contributed by atoms with Crippen LogP contribution in [0.25, 0.3) is 11.4 Å². The molecule has 1 aliphatic rings. The van der Waals surface area contributed by atoms with Crippen LogP contribution in [-0.2, 0) is 16.0 Å². The minimum Gasteiger partial charge on any atom is -0.383 e. The zero-order chi connectivity index (χ0) is 24.2. The Hall–Kier alpha value is -2.49. The van der Waals surface area contributed by atoms with Gasteiger partial charge in [-0.05, 0) is 63.9 Å². The Bertz CT molecular complexity index is 1140. The summed E-state index contributed by atoms with van der Waals surface area (Å²) < 4.78 is 28.7. The van der Waals surface area contributed by atoms with E-state index < -0.39 is 0 Å². The molecule has 3 aromatic rings. The maximum atomic E-state index is 13.4. The van der Waals surface area contributed by atoms with Crippen molar-refractivity contribution in [3.63, 3.8) is 0 Å². The molecular formula is C25H31FN4O3S. The van der Waals surface area contributed by atoms with Crippen LogP contribution in [0.1, 0.15) is 47.6 Å². The Morgan fingerprint density at radius 2 is 2.06 bits per heavy atom. The number of thioether (sulfide) groups is 1. The maximum absolute atomic E-state index is 13.4. The number of aromatic nitrogens is 4. The van der Waals surface area contributed by atoms with Gasteiger partial charge in [0, 0.05) is 36.2 Å². The molecule has 0 radical (unpaired) electrons. The lowest BCUT2D eigenvalue weighted by molar-refractivity contribution is 0.0953. The van der Waals surface area contributed by atoms with Gasteiger partial charge in [-0.2, -0.15) is 0 Å². The maximum Gasteiger partial charge on any atom is 0.192 e. The van der Waals surface area contributed by atoms with Gasteiger partial charge in [-0.3, -0.25) is 9.36 Å². The quantitative estimate of drug-likeness (QED) is 0.301. The van der Waals surface area contributed by atoms with Gasteiger partial charge in [0.15, 0.2) is 16.8 Å². The number of methoxy groups -OCH3 is 1. The van der Waals surface area contributed by atoms with Crippen LogP contribution < -0.4 is 0 Å². The Morgan fingerprint density at radius 1 is 1.29 bits per heavy atom. The summed E-state index contributed by atoms with van der Waals surface area (Å²) in [7, 11) is 1.68. The van der Waals surface area contributed by atoms with Gasteiger partial charge in [0.05, 0.1) is 31.1 Å². The van der Waals surface area contributed by atoms with E-state index >= 15 is 0 Å². The predicted molar refractivity (Wildman–Crippen MR) is 130 cm³/mol. The first kappa shape index (κ1) is 24.6. The highest BCUT2D eigenvalue weighted by Gasteiger charge is 2.24. The van der Waals surface area contributed by atoms with E-state index in [4.69, 9.17) is 9.47 Å². The van der Waals surface area contributed by atoms with E-state index in [1.807, 2.05) is 24.5 Å². The Morgan fingerprint density at radius 3 is 2.74 bits per heavy atom. The van der Waals surface area contributed by atoms with E-state index in [1.165, 1.54) is 23.9 Å². The monoisotopic (exact) mass is 486 g/mol. The van der Waals surface area contributed by atoms with Crippen molar-refractivity contribution in [1.29, 1.82) is 0 Å². The van der Waals surface area contributed by atoms with Gasteiger partial charge >= 0.3 is 0 Å². The number of carbonyl (C=O) groups excluding carboxylic acids is 1. The summed E-state index contributed by atoms with van der Waals surface area (Å²) in [4.78, 5) is 13.2. The standard InChI is InChI=1S/C25H31FN4O3S/c1-16-12-22(18(3)30(16)17(2)14-32-4)23(31)15-34-25-28-27-24(19-7-9-20(26)10-8-19)29(25)13-21-6-5-11-33-21/h7-10,12,17,21H,5-6,11,13-15H2,1-4H3. The molecule has 0 N–H and O–H groups in total. The van der Waals surface area contributed by atoms with Gasteiger partial charge in [-0.1, -0.05) is 11.8 Å². The molecule has 0 amide bonds. The molecule has 2 atom stereocenters. The lowest BCUT2D eigenvalue weighted by atomic mass is 10.2. The summed E-state index contributed by atoms with van der Waals surface area (Å²) >= 11 is 1.37. The summed E-state index contributed by atoms with van der Waals surface area (Å²) in [6, 6.07) is 8.31. The number of ether oxygens (including phenoxy) is 2. The molecular weight excluding hydrogens is 455 g/mol. The molecule has 0 spiro atoms. The van der Waals surface area contributed by atoms with Crippen molar-refractivity contribution in [2.24, 2.45) is 0 Å². The van der Waals surface area contributed by atoms with Crippen molar-refractivity contribution in [2.75, 3.05) is 26.1 Å². The molecule has 0 saturated carbocycles. The third kappa shape index (κ3) is 5.26. The van der Waals surface area contributed by atoms with Gasteiger partial charge in [-0.15, -0.1) is 10.2 Å². The fourth-order valence-corrected chi connectivity index (χ4v) is 5.46. The minimum atomic E-state index is -0.299. The summed E-state index contributed by atoms with van der Waals surface area (Å²) in [6.07, 6.45) is 2.07. The predicted octanol–water partition coefficient (Wildman–Crippen LogP) is 4.86. The van der Waals surface area contributed by atoms with Crippen LogP contribution in [0.4, 0.5) is 4.39 Å². The highest BCUT2D eigenvalue weighted by atomic mass is 32.2. The smallest absolute Gasteiger partial charge is 0.192 e. The number of hydrogen-bond donors (Lipinski definition) is 0. The molecule has 2 aromatic heterocycles. The first-order chi connectivity index (χ1) is 16.4. The van der Waals surface area contributed by atoms with E-state index in [0.29, 0.717) is 24.1 Å². The zero-order valence-electron chi connectivity index (χ0n) is 20.1. The van der Waals surface area contributed by atoms with E-state index in [2.05, 4.69) is 21.7 Å². The van der Waals surface area contributed by atoms with Gasteiger partial charge in [0.25, 0.3) is 0 Å². The minimum absolute atomic E-state index is 0.0453. The molecule has 7 nitrogen and oxygen atoms in total. The Balaban J connectivity index is 1.55. The lowest BCUT2D eigenvalue weighted by Gasteiger charge is -2.17. The number of ketones is 1. The molecule has 3 heterocycles. The number of aryl methyl sites for hydroxylation is 1. The second-order valence-corrected chi connectivity index (χ2v) is 9.67. The summed E-state index contributed by atoms with van der Waals surface area (Å²) in [6.45, 7) is 7.99. The Labute approximate surface area is 203 Å². The van der Waals surface area contributed by atoms with Crippen LogP contribution in [0.5, 0.6) is 0 Å². The van der Waals surface area contributed by atoms with Gasteiger partial charge < -0.3 is 14.0 Å². The van der Waals surface area contributed by atoms with Crippen molar-refractivity contribution >= 4 is 17.5 Å². The summed E-state index contributed by atoms with van der Waals surface area (Å²) in [5.74, 6) is 0.642. The highest BCUT2D eigenvalue weighted by Crippen LogP contribution is 2.28. The molecule has 1 aliphatic heterocycles. The average Bonchev–Trinajstić information content (AvgIpc) is 3.53. The number of Topliss-reactive ketones (excluding diaryl/α,β-unsaturated/α-hetero) is 1. The molecule has 0 bridgehead atoms. The van der Waals surface area contributed by atoms with Gasteiger partial charge in [-0.25, -0.2) is 4.39 Å². The number of halogens is 1. The van der Waals surface area contributed by atoms with Gasteiger partial charge in [0.2, 0.25) is 0 Å². The van der Waals surface area contributed by atoms with Crippen molar-refractivity contribution in [3.8, 4) is 11.4 Å². The van der Waals surface area contributed by atoms with Crippen molar-refractivity contribution in [2.45, 2.75) is 57.5 Å². The number of hydrogen-bond acceptors (Lipinski definition) is 6. The zero-order valence-corrected chi connectivity index (χ0v) is 20.9. The van der Waals surface area contributed by atoms with Gasteiger partial charge in [0.1, 0.15) is 5.82 Å². The molecule has 0 aliphatic carbocycles. The fourth-order valence-electron chi connectivity index (χ4n) is 4.63. The Kier molecular flexibility index (Phi) is 7.85. The first-order valence-electron chi connectivity index (χ1n) is 11.5. The molecule has 9 heteroatoms. The van der Waals surface area contributed by atoms with Crippen molar-refractivity contribution in [3.05, 3.63) is 53.1 Å². The lowest BCUT2D eigenvalue weighted by Crippen LogP contribution is -2.17. The summed E-state index contributed by atoms with van der Waals surface area (Å²) in [5, 5.41) is 9.40. The molecule has 34 heavy (non-hydrogen) atoms. The summed E-state index contributed by atoms with van der Waals surface area (Å²) in [5.41, 5.74) is 3.48. The van der Waals surface area contributed by atoms with Crippen LogP contribution in [0.2, 0.25) is 0 Å². The molecule has 1 aromatic carbocycles. The molecule has 4 rings (SSSR count). The molecule has 182 valence electrons. The third-order valence-corrected chi connectivity index (χ3v) is 7.16. The SMILES string of the molecule is COCC(C)n1c(C)cc(C(=O)CSc2nnc(-c3ccc(F)cc3)n2CC2CCCO2)c1C. The molecule has 1 saturated heterocycles. The van der Waals surface area contributed by atoms with Crippen molar-refractivity contribution in [1.82, 2.24) is 19.3 Å². The number of rotatable bonds is 10. The third-order valence-electron chi connectivity index (χ3n) is 6.20. The number of carbonyl (C=O) groups is 1. The average molecular weight is 487 g/mol. The fraction of sp³-hybridized carbons (Fsp3) is 0.480. The van der Waals surface area contributed by atoms with Crippen LogP contribution >= 0.6 is 11.8 Å². The first-order valence-corrected chi connectivity index (χ1v) is 12.5. The number of nitrogens with zero attached hydrogens (tertiary/aromatic N) is 4. The number of benzene rings is 1. The van der Waals surface area contributed by atoms with E-state index in [0.717, 1.165) is 42.0 Å². The molecule has 1 fully saturated rings. The van der Waals surface area contributed by atoms with Crippen LogP contribution in [0, 0.1) is 19.7 Å². The normalized spacial score (nSPS) is 16.8. The second-order valence-electron chi connectivity index (χ2n) is 8.73. The van der Waals surface area contributed by atoms with Crippen LogP contribution in [0.3, 0.4) is 0 Å². The van der Waals surface area contributed by atoms with Crippen LogP contribution in [-0.4, -0.2) is 57.3 Å². The second kappa shape index (κ2) is 10.8. The largest absolute Gasteiger partial charge is 0.383 e. The molecule has 2 unspecified atom stereocenters. The van der Waals surface area contributed by atoms with E-state index in [9.17, 15) is 9.18 Å². The topological polar surface area (TPSA) is 71.2 Å².